The zero-order valence-electron chi connectivity index (χ0n) is 11.7. The first-order chi connectivity index (χ1) is 9.24. The van der Waals surface area contributed by atoms with Crippen LogP contribution in [0, 0.1) is 5.41 Å². The number of aromatic nitrogens is 1. The van der Waals surface area contributed by atoms with Crippen LogP contribution in [0.1, 0.15) is 18.5 Å². The Balaban J connectivity index is 1.81. The van der Waals surface area contributed by atoms with Crippen LogP contribution in [0.4, 0.5) is 0 Å². The first kappa shape index (κ1) is 14.8. The molecule has 1 aliphatic rings. The number of ether oxygens (including phenoxy) is 1. The van der Waals surface area contributed by atoms with Crippen molar-refractivity contribution in [2.24, 2.45) is 5.41 Å². The van der Waals surface area contributed by atoms with Crippen molar-refractivity contribution in [1.82, 2.24) is 9.88 Å². The minimum atomic E-state index is 0.334. The summed E-state index contributed by atoms with van der Waals surface area (Å²) in [5.74, 6) is 0.949. The predicted octanol–water partition coefficient (Wildman–Crippen LogP) is 2.28. The summed E-state index contributed by atoms with van der Waals surface area (Å²) in [4.78, 5) is 6.79. The Labute approximate surface area is 121 Å². The molecular formula is C15H24N2OS. The van der Waals surface area contributed by atoms with E-state index in [-0.39, 0.29) is 0 Å². The molecule has 4 heteroatoms. The summed E-state index contributed by atoms with van der Waals surface area (Å²) in [5, 5.41) is 0. The molecule has 3 nitrogen and oxygen atoms in total. The maximum absolute atomic E-state index is 5.47. The molecular weight excluding hydrogens is 256 g/mol. The molecule has 0 saturated carbocycles. The van der Waals surface area contributed by atoms with Gasteiger partial charge in [-0.05, 0) is 43.2 Å². The molecule has 2 heterocycles. The van der Waals surface area contributed by atoms with E-state index in [0.29, 0.717) is 5.41 Å². The van der Waals surface area contributed by atoms with Crippen molar-refractivity contribution in [1.29, 1.82) is 0 Å². The van der Waals surface area contributed by atoms with Gasteiger partial charge in [-0.25, -0.2) is 0 Å². The van der Waals surface area contributed by atoms with E-state index < -0.39 is 0 Å². The highest BCUT2D eigenvalue weighted by molar-refractivity contribution is 7.80. The monoisotopic (exact) mass is 280 g/mol. The third-order valence-corrected chi connectivity index (χ3v) is 4.64. The molecule has 1 fully saturated rings. The molecule has 0 aliphatic carbocycles. The van der Waals surface area contributed by atoms with Gasteiger partial charge >= 0.3 is 0 Å². The Hall–Kier alpha value is -0.580. The molecule has 0 bridgehead atoms. The summed E-state index contributed by atoms with van der Waals surface area (Å²) in [5.41, 5.74) is 1.50. The van der Waals surface area contributed by atoms with E-state index in [0.717, 1.165) is 51.3 Å². The molecule has 0 N–H and O–H groups in total. The molecule has 0 radical (unpaired) electrons. The van der Waals surface area contributed by atoms with Crippen LogP contribution in [-0.4, -0.2) is 49.0 Å². The average molecular weight is 280 g/mol. The molecule has 1 aromatic heterocycles. The van der Waals surface area contributed by atoms with Gasteiger partial charge in [-0.1, -0.05) is 6.07 Å². The van der Waals surface area contributed by atoms with Gasteiger partial charge in [0, 0.05) is 44.6 Å². The molecule has 2 rings (SSSR count). The quantitative estimate of drug-likeness (QED) is 0.810. The van der Waals surface area contributed by atoms with Gasteiger partial charge in [0.05, 0.1) is 0 Å². The van der Waals surface area contributed by atoms with Crippen LogP contribution >= 0.6 is 12.6 Å². The van der Waals surface area contributed by atoms with Gasteiger partial charge in [0.25, 0.3) is 0 Å². The molecule has 19 heavy (non-hydrogen) atoms. The first-order valence-electron chi connectivity index (χ1n) is 7.01. The van der Waals surface area contributed by atoms with Crippen molar-refractivity contribution in [3.05, 3.63) is 30.1 Å². The Morgan fingerprint density at radius 3 is 2.79 bits per heavy atom. The molecule has 0 atom stereocenters. The summed E-state index contributed by atoms with van der Waals surface area (Å²) in [6.45, 7) is 3.92. The second kappa shape index (κ2) is 7.27. The lowest BCUT2D eigenvalue weighted by Crippen LogP contribution is -2.42. The number of hydrogen-bond acceptors (Lipinski definition) is 4. The fraction of sp³-hybridized carbons (Fsp3) is 0.667. The van der Waals surface area contributed by atoms with Gasteiger partial charge in [0.2, 0.25) is 0 Å². The Bertz CT molecular complexity index is 366. The zero-order valence-corrected chi connectivity index (χ0v) is 12.6. The van der Waals surface area contributed by atoms with Crippen molar-refractivity contribution in [2.75, 3.05) is 39.1 Å². The zero-order chi connectivity index (χ0) is 13.6. The number of nitrogens with zero attached hydrogens (tertiary/aromatic N) is 2. The number of thiol groups is 1. The van der Waals surface area contributed by atoms with Gasteiger partial charge in [-0.15, -0.1) is 0 Å². The van der Waals surface area contributed by atoms with Gasteiger partial charge in [0.1, 0.15) is 0 Å². The normalized spacial score (nSPS) is 18.7. The van der Waals surface area contributed by atoms with Gasteiger partial charge in [-0.2, -0.15) is 12.6 Å². The molecule has 1 aliphatic heterocycles. The van der Waals surface area contributed by atoms with E-state index in [1.807, 2.05) is 12.3 Å². The summed E-state index contributed by atoms with van der Waals surface area (Å²) in [7, 11) is 2.20. The van der Waals surface area contributed by atoms with Gasteiger partial charge in [0.15, 0.2) is 0 Å². The van der Waals surface area contributed by atoms with E-state index in [9.17, 15) is 0 Å². The number of pyridine rings is 1. The van der Waals surface area contributed by atoms with Crippen LogP contribution in [0.2, 0.25) is 0 Å². The first-order valence-corrected chi connectivity index (χ1v) is 7.64. The third kappa shape index (κ3) is 4.48. The maximum Gasteiger partial charge on any atom is 0.0472 e. The summed E-state index contributed by atoms with van der Waals surface area (Å²) >= 11 is 4.57. The average Bonchev–Trinajstić information content (AvgIpc) is 2.47. The Morgan fingerprint density at radius 2 is 2.16 bits per heavy atom. The SMILES string of the molecule is CN(CCc1ccccn1)CC1(CS)CCOCC1. The van der Waals surface area contributed by atoms with Crippen LogP contribution in [0.3, 0.4) is 0 Å². The van der Waals surface area contributed by atoms with Gasteiger partial charge in [-0.3, -0.25) is 4.98 Å². The van der Waals surface area contributed by atoms with E-state index in [4.69, 9.17) is 4.74 Å². The number of hydrogen-bond donors (Lipinski definition) is 1. The number of rotatable bonds is 6. The Kier molecular flexibility index (Phi) is 5.67. The molecule has 106 valence electrons. The molecule has 0 aromatic carbocycles. The fourth-order valence-electron chi connectivity index (χ4n) is 2.67. The molecule has 0 spiro atoms. The lowest BCUT2D eigenvalue weighted by atomic mass is 9.81. The number of likely N-dealkylation sites (N-methyl/N-ethyl adjacent to an activating group) is 1. The van der Waals surface area contributed by atoms with E-state index in [1.54, 1.807) is 0 Å². The van der Waals surface area contributed by atoms with Crippen molar-refractivity contribution in [3.63, 3.8) is 0 Å². The molecule has 0 unspecified atom stereocenters. The van der Waals surface area contributed by atoms with Crippen LogP contribution in [-0.2, 0) is 11.2 Å². The van der Waals surface area contributed by atoms with Crippen LogP contribution in [0.15, 0.2) is 24.4 Å². The summed E-state index contributed by atoms with van der Waals surface area (Å²) in [6, 6.07) is 6.11. The smallest absolute Gasteiger partial charge is 0.0472 e. The molecule has 1 aromatic rings. The van der Waals surface area contributed by atoms with Crippen molar-refractivity contribution >= 4 is 12.6 Å². The van der Waals surface area contributed by atoms with E-state index >= 15 is 0 Å². The van der Waals surface area contributed by atoms with Crippen molar-refractivity contribution in [2.45, 2.75) is 19.3 Å². The van der Waals surface area contributed by atoms with Crippen molar-refractivity contribution < 1.29 is 4.74 Å². The van der Waals surface area contributed by atoms with Crippen LogP contribution in [0.25, 0.3) is 0 Å². The van der Waals surface area contributed by atoms with E-state index in [1.165, 1.54) is 5.69 Å². The van der Waals surface area contributed by atoms with Crippen molar-refractivity contribution in [3.8, 4) is 0 Å². The predicted molar refractivity (Wildman–Crippen MR) is 81.8 cm³/mol. The summed E-state index contributed by atoms with van der Waals surface area (Å²) < 4.78 is 5.47. The van der Waals surface area contributed by atoms with Gasteiger partial charge < -0.3 is 9.64 Å². The highest BCUT2D eigenvalue weighted by Gasteiger charge is 2.32. The highest BCUT2D eigenvalue weighted by Crippen LogP contribution is 2.32. The lowest BCUT2D eigenvalue weighted by molar-refractivity contribution is 0.0117. The maximum atomic E-state index is 5.47. The van der Waals surface area contributed by atoms with E-state index in [2.05, 4.69) is 41.7 Å². The highest BCUT2D eigenvalue weighted by atomic mass is 32.1. The van der Waals surface area contributed by atoms with Crippen LogP contribution < -0.4 is 0 Å². The minimum Gasteiger partial charge on any atom is -0.381 e. The molecule has 0 amide bonds. The lowest BCUT2D eigenvalue weighted by Gasteiger charge is -2.39. The summed E-state index contributed by atoms with van der Waals surface area (Å²) in [6.07, 6.45) is 5.13. The second-order valence-corrected chi connectivity index (χ2v) is 5.90. The molecule has 1 saturated heterocycles. The second-order valence-electron chi connectivity index (χ2n) is 5.58. The topological polar surface area (TPSA) is 25.4 Å². The largest absolute Gasteiger partial charge is 0.381 e. The standard InChI is InChI=1S/C15H24N2OS/c1-17(9-5-14-4-2-3-8-16-14)12-15(13-19)6-10-18-11-7-15/h2-4,8,19H,5-7,9-13H2,1H3. The fourth-order valence-corrected chi connectivity index (χ4v) is 3.09. The van der Waals surface area contributed by atoms with Crippen LogP contribution in [0.5, 0.6) is 0 Å². The Morgan fingerprint density at radius 1 is 1.37 bits per heavy atom. The third-order valence-electron chi connectivity index (χ3n) is 3.97. The minimum absolute atomic E-state index is 0.334.